The van der Waals surface area contributed by atoms with Gasteiger partial charge in [-0.05, 0) is 74.4 Å². The summed E-state index contributed by atoms with van der Waals surface area (Å²) in [6.07, 6.45) is 1.33. The molecule has 2 aliphatic heterocycles. The fraction of sp³-hybridized carbons (Fsp3) is 0.269. The van der Waals surface area contributed by atoms with Gasteiger partial charge < -0.3 is 15.0 Å². The Labute approximate surface area is 210 Å². The summed E-state index contributed by atoms with van der Waals surface area (Å²) in [5.41, 5.74) is 2.99. The zero-order chi connectivity index (χ0) is 24.6. The van der Waals surface area contributed by atoms with E-state index in [2.05, 4.69) is 10.2 Å². The Balaban J connectivity index is 1.40. The van der Waals surface area contributed by atoms with Gasteiger partial charge in [-0.1, -0.05) is 29.3 Å². The van der Waals surface area contributed by atoms with E-state index in [1.54, 1.807) is 36.4 Å². The minimum absolute atomic E-state index is 0.132. The quantitative estimate of drug-likeness (QED) is 0.530. The minimum Gasteiger partial charge on any atom is -0.476 e. The summed E-state index contributed by atoms with van der Waals surface area (Å²) < 4.78 is 34.2. The first kappa shape index (κ1) is 23.5. The van der Waals surface area contributed by atoms with Crippen molar-refractivity contribution in [3.63, 3.8) is 0 Å². The summed E-state index contributed by atoms with van der Waals surface area (Å²) in [7, 11) is -3.95. The predicted octanol–water partition coefficient (Wildman–Crippen LogP) is 4.84. The van der Waals surface area contributed by atoms with Gasteiger partial charge in [-0.25, -0.2) is 8.42 Å². The van der Waals surface area contributed by atoms with E-state index in [-0.39, 0.29) is 17.2 Å². The zero-order valence-electron chi connectivity index (χ0n) is 19.3. The second-order valence-electron chi connectivity index (χ2n) is 8.80. The van der Waals surface area contributed by atoms with Gasteiger partial charge in [0.25, 0.3) is 15.9 Å². The summed E-state index contributed by atoms with van der Waals surface area (Å²) in [4.78, 5) is 15.6. The molecule has 1 amide bonds. The molecule has 7 nitrogen and oxygen atoms in total. The molecule has 0 unspecified atom stereocenters. The van der Waals surface area contributed by atoms with E-state index < -0.39 is 22.0 Å². The van der Waals surface area contributed by atoms with Crippen LogP contribution in [0.25, 0.3) is 0 Å². The molecule has 3 aromatic carbocycles. The van der Waals surface area contributed by atoms with Crippen LogP contribution in [0.4, 0.5) is 17.1 Å². The van der Waals surface area contributed by atoms with Gasteiger partial charge in [-0.3, -0.25) is 9.10 Å². The Hall–Kier alpha value is -3.23. The molecular formula is C26H26ClN3O4S. The Morgan fingerprint density at radius 3 is 2.37 bits per heavy atom. The van der Waals surface area contributed by atoms with Gasteiger partial charge in [0.2, 0.25) is 0 Å². The van der Waals surface area contributed by atoms with E-state index in [0.717, 1.165) is 24.3 Å². The number of hydrogen-bond acceptors (Lipinski definition) is 5. The van der Waals surface area contributed by atoms with E-state index in [1.165, 1.54) is 23.2 Å². The van der Waals surface area contributed by atoms with Gasteiger partial charge in [-0.15, -0.1) is 0 Å². The van der Waals surface area contributed by atoms with Crippen LogP contribution in [0, 0.1) is 6.92 Å². The van der Waals surface area contributed by atoms with Gasteiger partial charge >= 0.3 is 0 Å². The molecule has 182 valence electrons. The number of ether oxygens (including phenoxy) is 1. The van der Waals surface area contributed by atoms with Crippen LogP contribution in [0.3, 0.4) is 0 Å². The number of carbonyl (C=O) groups excluding carboxylic acids is 1. The number of anilines is 3. The lowest BCUT2D eigenvalue weighted by molar-refractivity contribution is -0.122. The maximum atomic E-state index is 13.6. The van der Waals surface area contributed by atoms with Gasteiger partial charge in [0, 0.05) is 29.5 Å². The fourth-order valence-corrected chi connectivity index (χ4v) is 6.01. The van der Waals surface area contributed by atoms with Crippen LogP contribution in [-0.4, -0.2) is 40.1 Å². The first-order valence-corrected chi connectivity index (χ1v) is 13.3. The van der Waals surface area contributed by atoms with Crippen molar-refractivity contribution in [2.75, 3.05) is 34.2 Å². The van der Waals surface area contributed by atoms with Crippen molar-refractivity contribution in [3.05, 3.63) is 77.3 Å². The average Bonchev–Trinajstić information content (AvgIpc) is 3.39. The second-order valence-corrected chi connectivity index (χ2v) is 11.1. The maximum absolute atomic E-state index is 13.6. The van der Waals surface area contributed by atoms with Gasteiger partial charge in [0.15, 0.2) is 6.10 Å². The third-order valence-electron chi connectivity index (χ3n) is 6.30. The standard InChI is InChI=1S/C26H26ClN3O4S/c1-18-4-11-22(12-5-18)35(32,33)30-17-25(34-24-13-6-19(27)16-23(24)30)26(31)28-20-7-9-21(10-8-20)29-14-2-3-15-29/h4-13,16,25H,2-3,14-15,17H2,1H3,(H,28,31)/t25-/m0/s1. The normalized spacial score (nSPS) is 17.6. The minimum atomic E-state index is -3.95. The Kier molecular flexibility index (Phi) is 6.34. The molecule has 1 atom stereocenters. The summed E-state index contributed by atoms with van der Waals surface area (Å²) in [5.74, 6) is -0.149. The molecule has 35 heavy (non-hydrogen) atoms. The lowest BCUT2D eigenvalue weighted by atomic mass is 10.2. The molecule has 1 saturated heterocycles. The highest BCUT2D eigenvalue weighted by Gasteiger charge is 2.37. The lowest BCUT2D eigenvalue weighted by Gasteiger charge is -2.35. The topological polar surface area (TPSA) is 79.0 Å². The molecule has 0 spiro atoms. The molecular weight excluding hydrogens is 486 g/mol. The molecule has 0 aliphatic carbocycles. The second kappa shape index (κ2) is 9.43. The number of aryl methyl sites for hydroxylation is 1. The number of fused-ring (bicyclic) bond motifs is 1. The van der Waals surface area contributed by atoms with Gasteiger partial charge in [-0.2, -0.15) is 0 Å². The third-order valence-corrected chi connectivity index (χ3v) is 8.33. The van der Waals surface area contributed by atoms with Crippen molar-refractivity contribution >= 4 is 44.6 Å². The monoisotopic (exact) mass is 511 g/mol. The number of nitrogens with zero attached hydrogens (tertiary/aromatic N) is 2. The number of carbonyl (C=O) groups is 1. The highest BCUT2D eigenvalue weighted by atomic mass is 35.5. The molecule has 0 saturated carbocycles. The van der Waals surface area contributed by atoms with Crippen molar-refractivity contribution in [3.8, 4) is 5.75 Å². The molecule has 2 aliphatic rings. The summed E-state index contributed by atoms with van der Waals surface area (Å²) >= 11 is 6.17. The molecule has 5 rings (SSSR count). The number of sulfonamides is 1. The summed E-state index contributed by atoms with van der Waals surface area (Å²) in [5, 5.41) is 3.23. The van der Waals surface area contributed by atoms with Crippen LogP contribution in [-0.2, 0) is 14.8 Å². The number of amides is 1. The lowest BCUT2D eigenvalue weighted by Crippen LogP contribution is -2.48. The zero-order valence-corrected chi connectivity index (χ0v) is 20.8. The van der Waals surface area contributed by atoms with Crippen LogP contribution in [0.5, 0.6) is 5.75 Å². The van der Waals surface area contributed by atoms with Crippen molar-refractivity contribution in [1.29, 1.82) is 0 Å². The van der Waals surface area contributed by atoms with E-state index in [0.29, 0.717) is 16.4 Å². The van der Waals surface area contributed by atoms with Crippen LogP contribution >= 0.6 is 11.6 Å². The molecule has 1 N–H and O–H groups in total. The fourth-order valence-electron chi connectivity index (χ4n) is 4.38. The number of halogens is 1. The van der Waals surface area contributed by atoms with Crippen LogP contribution in [0.2, 0.25) is 5.02 Å². The van der Waals surface area contributed by atoms with Gasteiger partial charge in [0.1, 0.15) is 5.75 Å². The summed E-state index contributed by atoms with van der Waals surface area (Å²) in [6, 6.07) is 19.0. The van der Waals surface area contributed by atoms with Crippen LogP contribution in [0.15, 0.2) is 71.6 Å². The van der Waals surface area contributed by atoms with Crippen molar-refractivity contribution in [2.45, 2.75) is 30.8 Å². The smallest absolute Gasteiger partial charge is 0.267 e. The van der Waals surface area contributed by atoms with Crippen LogP contribution in [0.1, 0.15) is 18.4 Å². The first-order chi connectivity index (χ1) is 16.8. The van der Waals surface area contributed by atoms with E-state index in [4.69, 9.17) is 16.3 Å². The number of hydrogen-bond donors (Lipinski definition) is 1. The average molecular weight is 512 g/mol. The number of rotatable bonds is 5. The number of benzene rings is 3. The highest BCUT2D eigenvalue weighted by molar-refractivity contribution is 7.92. The van der Waals surface area contributed by atoms with E-state index in [9.17, 15) is 13.2 Å². The first-order valence-electron chi connectivity index (χ1n) is 11.5. The molecule has 0 radical (unpaired) electrons. The Morgan fingerprint density at radius 2 is 1.69 bits per heavy atom. The van der Waals surface area contributed by atoms with Crippen molar-refractivity contribution in [1.82, 2.24) is 0 Å². The van der Waals surface area contributed by atoms with E-state index in [1.807, 2.05) is 31.2 Å². The van der Waals surface area contributed by atoms with Crippen molar-refractivity contribution < 1.29 is 17.9 Å². The molecule has 0 bridgehead atoms. The molecule has 2 heterocycles. The molecule has 3 aromatic rings. The van der Waals surface area contributed by atoms with Gasteiger partial charge in [0.05, 0.1) is 17.1 Å². The SMILES string of the molecule is Cc1ccc(S(=O)(=O)N2C[C@@H](C(=O)Nc3ccc(N4CCCC4)cc3)Oc3ccc(Cl)cc32)cc1. The highest BCUT2D eigenvalue weighted by Crippen LogP contribution is 2.39. The third kappa shape index (κ3) is 4.81. The predicted molar refractivity (Wildman–Crippen MR) is 138 cm³/mol. The molecule has 0 aromatic heterocycles. The van der Waals surface area contributed by atoms with Crippen LogP contribution < -0.4 is 19.3 Å². The Morgan fingerprint density at radius 1 is 1.00 bits per heavy atom. The summed E-state index contributed by atoms with van der Waals surface area (Å²) in [6.45, 7) is 3.78. The molecule has 1 fully saturated rings. The van der Waals surface area contributed by atoms with E-state index >= 15 is 0 Å². The Bertz CT molecular complexity index is 1340. The molecule has 9 heteroatoms. The maximum Gasteiger partial charge on any atom is 0.267 e. The largest absolute Gasteiger partial charge is 0.476 e. The van der Waals surface area contributed by atoms with Crippen molar-refractivity contribution in [2.24, 2.45) is 0 Å². The number of nitrogens with one attached hydrogen (secondary N) is 1.